The largest absolute Gasteiger partial charge is 0.502 e. The average molecular weight is 562 g/mol. The van der Waals surface area contributed by atoms with E-state index in [4.69, 9.17) is 14.6 Å². The number of carboxylic acid groups (broad SMARTS) is 1. The van der Waals surface area contributed by atoms with Crippen LogP contribution >= 0.6 is 0 Å². The molecule has 4 aliphatic rings. The molecule has 4 unspecified atom stereocenters. The van der Waals surface area contributed by atoms with Crippen LogP contribution in [0.2, 0.25) is 0 Å². The van der Waals surface area contributed by atoms with Crippen LogP contribution in [0.1, 0.15) is 38.2 Å². The van der Waals surface area contributed by atoms with Crippen molar-refractivity contribution < 1.29 is 43.7 Å². The fourth-order valence-electron chi connectivity index (χ4n) is 6.55. The maximum absolute atomic E-state index is 13.6. The Balaban J connectivity index is 1.55. The number of Topliss-reactive ketones (excluding diaryl/α,β-unsaturated/α-hetero) is 1. The number of fused-ring (bicyclic) bond motifs is 3. The molecular weight excluding hydrogens is 530 g/mol. The number of imide groups is 1. The Kier molecular flexibility index (Phi) is 7.42. The van der Waals surface area contributed by atoms with Gasteiger partial charge in [-0.25, -0.2) is 0 Å². The lowest BCUT2D eigenvalue weighted by molar-refractivity contribution is -0.142. The lowest BCUT2D eigenvalue weighted by Gasteiger charge is -2.41. The Morgan fingerprint density at radius 3 is 2.39 bits per heavy atom. The number of benzene rings is 1. The fraction of sp³-hybridized carbons (Fsp3) is 0.387. The van der Waals surface area contributed by atoms with Crippen LogP contribution in [0.25, 0.3) is 6.08 Å². The number of phenols is 1. The van der Waals surface area contributed by atoms with Crippen LogP contribution in [0.15, 0.2) is 52.7 Å². The molecule has 2 N–H and O–H groups in total. The van der Waals surface area contributed by atoms with Crippen molar-refractivity contribution in [2.75, 3.05) is 20.8 Å². The minimum absolute atomic E-state index is 0.0279. The smallest absolute Gasteiger partial charge is 0.303 e. The third-order valence-corrected chi connectivity index (χ3v) is 8.46. The lowest BCUT2D eigenvalue weighted by Crippen LogP contribution is -2.40. The van der Waals surface area contributed by atoms with Crippen LogP contribution in [-0.2, 0) is 24.0 Å². The van der Waals surface area contributed by atoms with E-state index in [1.54, 1.807) is 31.2 Å². The maximum atomic E-state index is 13.6. The zero-order valence-electron chi connectivity index (χ0n) is 23.0. The molecule has 214 valence electrons. The van der Waals surface area contributed by atoms with E-state index in [1.807, 2.05) is 6.08 Å². The molecule has 3 aliphatic carbocycles. The number of methoxy groups -OCH3 is 2. The molecule has 0 saturated carbocycles. The summed E-state index contributed by atoms with van der Waals surface area (Å²) in [6, 6.07) is 3.22. The van der Waals surface area contributed by atoms with E-state index >= 15 is 0 Å². The van der Waals surface area contributed by atoms with Crippen molar-refractivity contribution in [1.82, 2.24) is 4.90 Å². The summed E-state index contributed by atoms with van der Waals surface area (Å²) in [5.74, 6) is -4.31. The highest BCUT2D eigenvalue weighted by Crippen LogP contribution is 2.52. The number of aromatic hydroxyl groups is 1. The van der Waals surface area contributed by atoms with Gasteiger partial charge < -0.3 is 19.7 Å². The molecule has 1 heterocycles. The number of phenolic OH excluding ortho intramolecular Hbond substituents is 1. The molecule has 1 fully saturated rings. The van der Waals surface area contributed by atoms with Gasteiger partial charge in [0.05, 0.1) is 26.1 Å². The molecule has 1 aliphatic heterocycles. The van der Waals surface area contributed by atoms with E-state index in [2.05, 4.69) is 0 Å². The van der Waals surface area contributed by atoms with E-state index in [1.165, 1.54) is 20.3 Å². The fourth-order valence-corrected chi connectivity index (χ4v) is 6.55. The number of likely N-dealkylation sites (tertiary alicyclic amines) is 1. The van der Waals surface area contributed by atoms with Crippen molar-refractivity contribution >= 4 is 35.4 Å². The Hall–Kier alpha value is -4.47. The van der Waals surface area contributed by atoms with Gasteiger partial charge in [-0.15, -0.1) is 0 Å². The molecule has 10 heteroatoms. The quantitative estimate of drug-likeness (QED) is 0.277. The van der Waals surface area contributed by atoms with Crippen molar-refractivity contribution in [3.63, 3.8) is 0 Å². The predicted octanol–water partition coefficient (Wildman–Crippen LogP) is 3.25. The van der Waals surface area contributed by atoms with Gasteiger partial charge in [0, 0.05) is 35.6 Å². The molecule has 0 radical (unpaired) electrons. The van der Waals surface area contributed by atoms with Gasteiger partial charge >= 0.3 is 5.97 Å². The van der Waals surface area contributed by atoms with E-state index in [0.29, 0.717) is 28.7 Å². The number of amides is 2. The molecule has 1 aromatic carbocycles. The van der Waals surface area contributed by atoms with Gasteiger partial charge in [0.25, 0.3) is 0 Å². The van der Waals surface area contributed by atoms with Gasteiger partial charge in [0.15, 0.2) is 23.1 Å². The zero-order valence-corrected chi connectivity index (χ0v) is 23.0. The van der Waals surface area contributed by atoms with Gasteiger partial charge in [0.2, 0.25) is 17.6 Å². The Bertz CT molecular complexity index is 1470. The van der Waals surface area contributed by atoms with Crippen molar-refractivity contribution in [1.29, 1.82) is 0 Å². The summed E-state index contributed by atoms with van der Waals surface area (Å²) in [5, 5.41) is 19.3. The Morgan fingerprint density at radius 2 is 1.76 bits per heavy atom. The van der Waals surface area contributed by atoms with Crippen LogP contribution in [0.5, 0.6) is 17.2 Å². The van der Waals surface area contributed by atoms with Gasteiger partial charge in [-0.1, -0.05) is 23.8 Å². The highest BCUT2D eigenvalue weighted by atomic mass is 16.5. The van der Waals surface area contributed by atoms with Crippen LogP contribution in [0.4, 0.5) is 0 Å². The summed E-state index contributed by atoms with van der Waals surface area (Å²) in [4.78, 5) is 65.6. The third-order valence-electron chi connectivity index (χ3n) is 8.46. The average Bonchev–Trinajstić information content (AvgIpc) is 3.19. The molecule has 2 amide bonds. The number of rotatable bonds is 8. The van der Waals surface area contributed by atoms with E-state index in [9.17, 15) is 29.1 Å². The first-order chi connectivity index (χ1) is 19.6. The second kappa shape index (κ2) is 10.8. The first-order valence-electron chi connectivity index (χ1n) is 13.5. The first kappa shape index (κ1) is 28.1. The van der Waals surface area contributed by atoms with Gasteiger partial charge in [-0.3, -0.25) is 28.9 Å². The van der Waals surface area contributed by atoms with Crippen molar-refractivity contribution in [3.8, 4) is 17.2 Å². The van der Waals surface area contributed by atoms with Crippen LogP contribution in [-0.4, -0.2) is 65.2 Å². The van der Waals surface area contributed by atoms with Gasteiger partial charge in [-0.2, -0.15) is 0 Å². The zero-order chi connectivity index (χ0) is 29.6. The monoisotopic (exact) mass is 561 g/mol. The molecule has 0 spiro atoms. The minimum Gasteiger partial charge on any atom is -0.502 e. The number of hydrogen-bond donors (Lipinski definition) is 2. The summed E-state index contributed by atoms with van der Waals surface area (Å²) in [7, 11) is 2.83. The first-order valence-corrected chi connectivity index (χ1v) is 13.5. The number of carboxylic acids is 1. The third kappa shape index (κ3) is 4.77. The number of carbonyl (C=O) groups is 5. The minimum atomic E-state index is -1.00. The SMILES string of the molecule is COc1cc(C=CC2C3=CCC4C(=O)N(CCCC(=O)O)C(=O)C4C3CC3=C2C(=O)C=C(C)C3=O)cc(OC)c1O. The molecule has 0 bridgehead atoms. The Morgan fingerprint density at radius 1 is 1.07 bits per heavy atom. The van der Waals surface area contributed by atoms with Crippen LogP contribution in [0.3, 0.4) is 0 Å². The molecule has 41 heavy (non-hydrogen) atoms. The molecule has 10 nitrogen and oxygen atoms in total. The molecule has 0 aromatic heterocycles. The molecule has 1 aromatic rings. The summed E-state index contributed by atoms with van der Waals surface area (Å²) < 4.78 is 10.5. The number of allylic oxidation sites excluding steroid dienone is 7. The summed E-state index contributed by atoms with van der Waals surface area (Å²) in [5.41, 5.74) is 2.48. The van der Waals surface area contributed by atoms with Gasteiger partial charge in [-0.05, 0) is 55.9 Å². The number of aliphatic carboxylic acids is 1. The number of carbonyl (C=O) groups excluding carboxylic acids is 4. The molecule has 5 rings (SSSR count). The summed E-state index contributed by atoms with van der Waals surface area (Å²) >= 11 is 0. The molecular formula is C31H31NO9. The Labute approximate surface area is 236 Å². The van der Waals surface area contributed by atoms with Crippen LogP contribution < -0.4 is 9.47 Å². The van der Waals surface area contributed by atoms with E-state index in [-0.39, 0.29) is 66.4 Å². The second-order valence-corrected chi connectivity index (χ2v) is 10.7. The summed E-state index contributed by atoms with van der Waals surface area (Å²) in [6.07, 6.45) is 7.29. The van der Waals surface area contributed by atoms with E-state index < -0.39 is 29.6 Å². The van der Waals surface area contributed by atoms with Crippen molar-refractivity contribution in [3.05, 3.63) is 58.2 Å². The second-order valence-electron chi connectivity index (χ2n) is 10.7. The molecule has 1 saturated heterocycles. The lowest BCUT2D eigenvalue weighted by atomic mass is 9.60. The topological polar surface area (TPSA) is 148 Å². The number of ketones is 2. The predicted molar refractivity (Wildman–Crippen MR) is 146 cm³/mol. The molecule has 4 atom stereocenters. The van der Waals surface area contributed by atoms with Crippen molar-refractivity contribution in [2.24, 2.45) is 23.7 Å². The highest BCUT2D eigenvalue weighted by molar-refractivity contribution is 6.23. The standard InChI is InChI=1S/C31H31NO9/c1-15-11-22(33)26-18(7-6-16-12-23(40-2)29(37)24(13-16)41-3)17-8-9-19-27(20(17)14-21(26)28(15)36)31(39)32(30(19)38)10-4-5-25(34)35/h6-8,11-13,18-20,27,37H,4-5,9-10,14H2,1-3H3,(H,34,35). The van der Waals surface area contributed by atoms with E-state index in [0.717, 1.165) is 10.5 Å². The number of ether oxygens (including phenoxy) is 2. The normalized spacial score (nSPS) is 25.6. The summed E-state index contributed by atoms with van der Waals surface area (Å²) in [6.45, 7) is 1.62. The maximum Gasteiger partial charge on any atom is 0.303 e. The number of nitrogens with zero attached hydrogens (tertiary/aromatic N) is 1. The number of hydrogen-bond acceptors (Lipinski definition) is 8. The highest BCUT2D eigenvalue weighted by Gasteiger charge is 2.55. The van der Waals surface area contributed by atoms with Crippen molar-refractivity contribution in [2.45, 2.75) is 32.6 Å². The van der Waals surface area contributed by atoms with Crippen LogP contribution in [0, 0.1) is 23.7 Å². The van der Waals surface area contributed by atoms with Gasteiger partial charge in [0.1, 0.15) is 0 Å².